The summed E-state index contributed by atoms with van der Waals surface area (Å²) in [6.07, 6.45) is 1.93. The van der Waals surface area contributed by atoms with Crippen LogP contribution in [0.4, 0.5) is 4.79 Å². The van der Waals surface area contributed by atoms with Crippen LogP contribution in [0, 0.1) is 0 Å². The molecule has 0 radical (unpaired) electrons. The van der Waals surface area contributed by atoms with Crippen LogP contribution < -0.4 is 10.1 Å². The fourth-order valence-electron chi connectivity index (χ4n) is 1.82. The van der Waals surface area contributed by atoms with Gasteiger partial charge in [-0.15, -0.1) is 0 Å². The molecule has 1 rings (SSSR count). The van der Waals surface area contributed by atoms with E-state index in [0.29, 0.717) is 18.2 Å². The Morgan fingerprint density at radius 2 is 1.80 bits per heavy atom. The summed E-state index contributed by atoms with van der Waals surface area (Å²) in [6, 6.07) is 7.16. The molecule has 0 spiro atoms. The second kappa shape index (κ2) is 9.48. The first-order valence-corrected chi connectivity index (χ1v) is 7.46. The summed E-state index contributed by atoms with van der Waals surface area (Å²) in [5, 5.41) is 3.55. The second-order valence-corrected chi connectivity index (χ2v) is 4.96. The van der Waals surface area contributed by atoms with Crippen LogP contribution in [-0.4, -0.2) is 37.2 Å². The maximum Gasteiger partial charge on any atom is 0.317 e. The first-order chi connectivity index (χ1) is 9.67. The molecule has 2 amide bonds. The van der Waals surface area contributed by atoms with Gasteiger partial charge < -0.3 is 15.0 Å². The van der Waals surface area contributed by atoms with Gasteiger partial charge in [0, 0.05) is 18.1 Å². The van der Waals surface area contributed by atoms with Gasteiger partial charge in [-0.3, -0.25) is 0 Å². The normalized spacial score (nSPS) is 10.2. The Hall–Kier alpha value is -1.42. The molecular formula is C15H23ClN2O2. The lowest BCUT2D eigenvalue weighted by Crippen LogP contribution is -2.42. The van der Waals surface area contributed by atoms with Crippen molar-refractivity contribution in [3.63, 3.8) is 0 Å². The van der Waals surface area contributed by atoms with E-state index in [4.69, 9.17) is 16.3 Å². The number of rotatable bonds is 8. The van der Waals surface area contributed by atoms with E-state index in [9.17, 15) is 4.79 Å². The molecule has 0 saturated carbocycles. The molecule has 5 heteroatoms. The highest BCUT2D eigenvalue weighted by molar-refractivity contribution is 6.30. The molecular weight excluding hydrogens is 276 g/mol. The summed E-state index contributed by atoms with van der Waals surface area (Å²) in [4.78, 5) is 13.8. The summed E-state index contributed by atoms with van der Waals surface area (Å²) >= 11 is 5.79. The second-order valence-electron chi connectivity index (χ2n) is 4.52. The minimum Gasteiger partial charge on any atom is -0.492 e. The third kappa shape index (κ3) is 6.15. The number of halogens is 1. The van der Waals surface area contributed by atoms with Gasteiger partial charge >= 0.3 is 6.03 Å². The SMILES string of the molecule is CCCN(CCC)C(=O)NCCOc1ccc(Cl)cc1. The zero-order valence-electron chi connectivity index (χ0n) is 12.2. The maximum absolute atomic E-state index is 11.9. The van der Waals surface area contributed by atoms with E-state index >= 15 is 0 Å². The third-order valence-electron chi connectivity index (χ3n) is 2.73. The van der Waals surface area contributed by atoms with Gasteiger partial charge in [-0.25, -0.2) is 4.79 Å². The van der Waals surface area contributed by atoms with Crippen molar-refractivity contribution in [3.05, 3.63) is 29.3 Å². The zero-order valence-corrected chi connectivity index (χ0v) is 12.9. The molecule has 20 heavy (non-hydrogen) atoms. The zero-order chi connectivity index (χ0) is 14.8. The molecule has 0 fully saturated rings. The van der Waals surface area contributed by atoms with Crippen LogP contribution in [0.3, 0.4) is 0 Å². The number of amides is 2. The van der Waals surface area contributed by atoms with E-state index in [1.165, 1.54) is 0 Å². The maximum atomic E-state index is 11.9. The Labute approximate surface area is 126 Å². The van der Waals surface area contributed by atoms with E-state index in [0.717, 1.165) is 31.7 Å². The molecule has 1 N–H and O–H groups in total. The van der Waals surface area contributed by atoms with Crippen molar-refractivity contribution in [2.24, 2.45) is 0 Å². The van der Waals surface area contributed by atoms with Crippen molar-refractivity contribution in [2.75, 3.05) is 26.2 Å². The van der Waals surface area contributed by atoms with Crippen LogP contribution in [-0.2, 0) is 0 Å². The number of ether oxygens (including phenoxy) is 1. The molecule has 0 aromatic heterocycles. The van der Waals surface area contributed by atoms with Gasteiger partial charge in [-0.2, -0.15) is 0 Å². The number of urea groups is 1. The summed E-state index contributed by atoms with van der Waals surface area (Å²) in [7, 11) is 0. The molecule has 1 aromatic carbocycles. The number of carbonyl (C=O) groups excluding carboxylic acids is 1. The van der Waals surface area contributed by atoms with E-state index in [1.54, 1.807) is 12.1 Å². The van der Waals surface area contributed by atoms with Crippen molar-refractivity contribution in [2.45, 2.75) is 26.7 Å². The van der Waals surface area contributed by atoms with E-state index < -0.39 is 0 Å². The van der Waals surface area contributed by atoms with Gasteiger partial charge in [0.25, 0.3) is 0 Å². The lowest BCUT2D eigenvalue weighted by molar-refractivity contribution is 0.194. The predicted molar refractivity (Wildman–Crippen MR) is 82.5 cm³/mol. The predicted octanol–water partition coefficient (Wildman–Crippen LogP) is 3.55. The largest absolute Gasteiger partial charge is 0.492 e. The van der Waals surface area contributed by atoms with E-state index in [-0.39, 0.29) is 6.03 Å². The molecule has 0 atom stereocenters. The number of nitrogens with one attached hydrogen (secondary N) is 1. The van der Waals surface area contributed by atoms with Crippen LogP contribution in [0.5, 0.6) is 5.75 Å². The standard InChI is InChI=1S/C15H23ClN2O2/c1-3-10-18(11-4-2)15(19)17-9-12-20-14-7-5-13(16)6-8-14/h5-8H,3-4,9-12H2,1-2H3,(H,17,19). The molecule has 0 heterocycles. The Balaban J connectivity index is 2.25. The smallest absolute Gasteiger partial charge is 0.317 e. The minimum absolute atomic E-state index is 0.0200. The number of hydrogen-bond donors (Lipinski definition) is 1. The van der Waals surface area contributed by atoms with Crippen LogP contribution >= 0.6 is 11.6 Å². The molecule has 0 aliphatic carbocycles. The molecule has 1 aromatic rings. The average Bonchev–Trinajstić information content (AvgIpc) is 2.45. The number of benzene rings is 1. The molecule has 0 unspecified atom stereocenters. The van der Waals surface area contributed by atoms with Crippen LogP contribution in [0.1, 0.15) is 26.7 Å². The van der Waals surface area contributed by atoms with Crippen LogP contribution in [0.2, 0.25) is 5.02 Å². The Kier molecular flexibility index (Phi) is 7.88. The topological polar surface area (TPSA) is 41.6 Å². The van der Waals surface area contributed by atoms with Crippen molar-refractivity contribution in [3.8, 4) is 5.75 Å². The summed E-state index contributed by atoms with van der Waals surface area (Å²) in [6.45, 7) is 6.65. The average molecular weight is 299 g/mol. The van der Waals surface area contributed by atoms with E-state index in [1.807, 2.05) is 17.0 Å². The van der Waals surface area contributed by atoms with Gasteiger partial charge in [0.1, 0.15) is 12.4 Å². The fourth-order valence-corrected chi connectivity index (χ4v) is 1.95. The van der Waals surface area contributed by atoms with Gasteiger partial charge in [-0.05, 0) is 37.1 Å². The number of carbonyl (C=O) groups is 1. The molecule has 112 valence electrons. The highest BCUT2D eigenvalue weighted by Gasteiger charge is 2.10. The quantitative estimate of drug-likeness (QED) is 0.746. The summed E-state index contributed by atoms with van der Waals surface area (Å²) in [5.74, 6) is 0.752. The van der Waals surface area contributed by atoms with E-state index in [2.05, 4.69) is 19.2 Å². The summed E-state index contributed by atoms with van der Waals surface area (Å²) in [5.41, 5.74) is 0. The molecule has 0 saturated heterocycles. The van der Waals surface area contributed by atoms with Gasteiger partial charge in [0.2, 0.25) is 0 Å². The highest BCUT2D eigenvalue weighted by Crippen LogP contribution is 2.15. The highest BCUT2D eigenvalue weighted by atomic mass is 35.5. The first-order valence-electron chi connectivity index (χ1n) is 7.08. The molecule has 0 aliphatic heterocycles. The molecule has 0 aliphatic rings. The lowest BCUT2D eigenvalue weighted by atomic mass is 10.3. The lowest BCUT2D eigenvalue weighted by Gasteiger charge is -2.21. The van der Waals surface area contributed by atoms with Crippen LogP contribution in [0.25, 0.3) is 0 Å². The van der Waals surface area contributed by atoms with Gasteiger partial charge in [0.15, 0.2) is 0 Å². The first kappa shape index (κ1) is 16.6. The van der Waals surface area contributed by atoms with Crippen molar-refractivity contribution in [1.82, 2.24) is 10.2 Å². The summed E-state index contributed by atoms with van der Waals surface area (Å²) < 4.78 is 5.52. The van der Waals surface area contributed by atoms with Crippen molar-refractivity contribution in [1.29, 1.82) is 0 Å². The Morgan fingerprint density at radius 3 is 2.35 bits per heavy atom. The van der Waals surface area contributed by atoms with Gasteiger partial charge in [0.05, 0.1) is 6.54 Å². The van der Waals surface area contributed by atoms with Crippen molar-refractivity contribution < 1.29 is 9.53 Å². The monoisotopic (exact) mass is 298 g/mol. The minimum atomic E-state index is -0.0200. The van der Waals surface area contributed by atoms with Crippen LogP contribution in [0.15, 0.2) is 24.3 Å². The van der Waals surface area contributed by atoms with Gasteiger partial charge in [-0.1, -0.05) is 25.4 Å². The number of hydrogen-bond acceptors (Lipinski definition) is 2. The molecule has 4 nitrogen and oxygen atoms in total. The number of nitrogens with zero attached hydrogens (tertiary/aromatic N) is 1. The van der Waals surface area contributed by atoms with Crippen molar-refractivity contribution >= 4 is 17.6 Å². The molecule has 0 bridgehead atoms. The fraction of sp³-hybridized carbons (Fsp3) is 0.533. The Morgan fingerprint density at radius 1 is 1.20 bits per heavy atom. The third-order valence-corrected chi connectivity index (χ3v) is 2.99. The Bertz CT molecular complexity index is 389.